The maximum atomic E-state index is 12.8. The topological polar surface area (TPSA) is 34.1 Å². The molecule has 0 N–H and O–H groups in total. The van der Waals surface area contributed by atoms with Crippen LogP contribution in [0.15, 0.2) is 24.3 Å². The van der Waals surface area contributed by atoms with Crippen molar-refractivity contribution in [1.82, 2.24) is 0 Å². The van der Waals surface area contributed by atoms with Gasteiger partial charge in [0, 0.05) is 11.0 Å². The normalized spacial score (nSPS) is 34.5. The summed E-state index contributed by atoms with van der Waals surface area (Å²) in [5, 5.41) is 0. The van der Waals surface area contributed by atoms with Gasteiger partial charge in [-0.05, 0) is 31.1 Å². The summed E-state index contributed by atoms with van der Waals surface area (Å²) in [4.78, 5) is 25.5. The van der Waals surface area contributed by atoms with Crippen LogP contribution in [0.5, 0.6) is 0 Å². The van der Waals surface area contributed by atoms with Crippen LogP contribution in [0, 0.1) is 29.6 Å². The van der Waals surface area contributed by atoms with Gasteiger partial charge in [0.25, 0.3) is 0 Å². The molecule has 3 atom stereocenters. The molecule has 0 aromatic heterocycles. The second-order valence-corrected chi connectivity index (χ2v) is 7.27. The zero-order valence-corrected chi connectivity index (χ0v) is 12.7. The summed E-state index contributed by atoms with van der Waals surface area (Å²) >= 11 is 0. The first-order valence-corrected chi connectivity index (χ1v) is 7.44. The second kappa shape index (κ2) is 4.03. The Bertz CT molecular complexity index is 582. The fourth-order valence-corrected chi connectivity index (χ4v) is 4.29. The average Bonchev–Trinajstić information content (AvgIpc) is 2.71. The molecule has 0 aliphatic heterocycles. The zero-order chi connectivity index (χ0) is 14.7. The van der Waals surface area contributed by atoms with Gasteiger partial charge in [-0.25, -0.2) is 0 Å². The zero-order valence-electron chi connectivity index (χ0n) is 12.7. The highest BCUT2D eigenvalue weighted by molar-refractivity contribution is 6.14. The quantitative estimate of drug-likeness (QED) is 0.605. The Morgan fingerprint density at radius 3 is 2.25 bits per heavy atom. The van der Waals surface area contributed by atoms with Crippen LogP contribution in [0.25, 0.3) is 0 Å². The highest BCUT2D eigenvalue weighted by atomic mass is 16.2. The maximum Gasteiger partial charge on any atom is 0.173 e. The number of hydrogen-bond donors (Lipinski definition) is 0. The van der Waals surface area contributed by atoms with Gasteiger partial charge in [-0.1, -0.05) is 50.6 Å². The largest absolute Gasteiger partial charge is 0.298 e. The molecular weight excluding hydrogens is 248 g/mol. The predicted molar refractivity (Wildman–Crippen MR) is 78.6 cm³/mol. The van der Waals surface area contributed by atoms with Crippen molar-refractivity contribution < 1.29 is 9.59 Å². The number of benzene rings is 1. The molecule has 0 spiro atoms. The third kappa shape index (κ3) is 1.51. The van der Waals surface area contributed by atoms with Crippen molar-refractivity contribution in [3.05, 3.63) is 35.4 Å². The monoisotopic (exact) mass is 270 g/mol. The smallest absolute Gasteiger partial charge is 0.173 e. The van der Waals surface area contributed by atoms with E-state index in [-0.39, 0.29) is 28.3 Å². The number of rotatable bonds is 2. The summed E-state index contributed by atoms with van der Waals surface area (Å²) in [6.07, 6.45) is 1.93. The Labute approximate surface area is 120 Å². The molecule has 2 heteroatoms. The third-order valence-corrected chi connectivity index (χ3v) is 6.15. The first-order valence-electron chi connectivity index (χ1n) is 7.44. The summed E-state index contributed by atoms with van der Waals surface area (Å²) in [6, 6.07) is 7.59. The van der Waals surface area contributed by atoms with Gasteiger partial charge < -0.3 is 0 Å². The fourth-order valence-electron chi connectivity index (χ4n) is 4.29. The maximum absolute atomic E-state index is 12.8. The van der Waals surface area contributed by atoms with E-state index in [9.17, 15) is 9.59 Å². The van der Waals surface area contributed by atoms with E-state index in [0.717, 1.165) is 18.4 Å². The van der Waals surface area contributed by atoms with E-state index in [0.29, 0.717) is 5.56 Å². The van der Waals surface area contributed by atoms with Gasteiger partial charge in [-0.2, -0.15) is 0 Å². The fraction of sp³-hybridized carbons (Fsp3) is 0.556. The summed E-state index contributed by atoms with van der Waals surface area (Å²) in [7, 11) is 0. The van der Waals surface area contributed by atoms with E-state index in [1.165, 1.54) is 0 Å². The van der Waals surface area contributed by atoms with Gasteiger partial charge in [-0.15, -0.1) is 0 Å². The average molecular weight is 270 g/mol. The molecular formula is C18H22O2. The van der Waals surface area contributed by atoms with Crippen molar-refractivity contribution in [2.75, 3.05) is 0 Å². The molecule has 1 aromatic rings. The molecule has 2 nitrogen and oxygen atoms in total. The van der Waals surface area contributed by atoms with Gasteiger partial charge in [-0.3, -0.25) is 9.59 Å². The molecule has 2 aliphatic carbocycles. The van der Waals surface area contributed by atoms with Crippen LogP contribution in [0.1, 0.15) is 49.5 Å². The molecule has 3 rings (SSSR count). The Balaban J connectivity index is 1.98. The van der Waals surface area contributed by atoms with Gasteiger partial charge in [0.1, 0.15) is 5.78 Å². The lowest BCUT2D eigenvalue weighted by atomic mass is 9.70. The van der Waals surface area contributed by atoms with Crippen molar-refractivity contribution in [2.45, 2.75) is 40.5 Å². The highest BCUT2D eigenvalue weighted by Crippen LogP contribution is 2.66. The van der Waals surface area contributed by atoms with E-state index in [1.807, 2.05) is 31.2 Å². The minimum absolute atomic E-state index is 0.0245. The van der Waals surface area contributed by atoms with Crippen LogP contribution < -0.4 is 0 Å². The molecule has 0 unspecified atom stereocenters. The Morgan fingerprint density at radius 1 is 1.15 bits per heavy atom. The van der Waals surface area contributed by atoms with Crippen LogP contribution in [0.4, 0.5) is 0 Å². The van der Waals surface area contributed by atoms with Crippen LogP contribution in [-0.4, -0.2) is 11.6 Å². The Kier molecular flexibility index (Phi) is 2.73. The van der Waals surface area contributed by atoms with Crippen LogP contribution in [0.2, 0.25) is 0 Å². The molecule has 2 fully saturated rings. The number of fused-ring (bicyclic) bond motifs is 2. The van der Waals surface area contributed by atoms with E-state index in [1.54, 1.807) is 0 Å². The summed E-state index contributed by atoms with van der Waals surface area (Å²) in [6.45, 7) is 8.37. The minimum atomic E-state index is -0.425. The number of ketones is 2. The minimum Gasteiger partial charge on any atom is -0.298 e. The second-order valence-electron chi connectivity index (χ2n) is 7.27. The number of carbonyl (C=O) groups is 2. The predicted octanol–water partition coefficient (Wildman–Crippen LogP) is 3.82. The first-order chi connectivity index (χ1) is 9.29. The van der Waals surface area contributed by atoms with Gasteiger partial charge >= 0.3 is 0 Å². The summed E-state index contributed by atoms with van der Waals surface area (Å²) in [5.41, 5.74) is 1.44. The van der Waals surface area contributed by atoms with Crippen LogP contribution in [-0.2, 0) is 4.79 Å². The Hall–Kier alpha value is -1.44. The molecule has 2 aliphatic rings. The van der Waals surface area contributed by atoms with Crippen molar-refractivity contribution in [3.8, 4) is 0 Å². The van der Waals surface area contributed by atoms with Crippen molar-refractivity contribution in [3.63, 3.8) is 0 Å². The molecule has 0 radical (unpaired) electrons. The molecule has 20 heavy (non-hydrogen) atoms. The Morgan fingerprint density at radius 2 is 1.75 bits per heavy atom. The SMILES string of the molecule is Cc1ccc(C(=O)[C@H]2C(=O)[C@]3(C)CC[C@H]2C3(C)C)cc1. The first kappa shape index (κ1) is 13.5. The molecule has 0 amide bonds. The summed E-state index contributed by atoms with van der Waals surface area (Å²) < 4.78 is 0. The third-order valence-electron chi connectivity index (χ3n) is 6.15. The van der Waals surface area contributed by atoms with Crippen molar-refractivity contribution >= 4 is 11.6 Å². The standard InChI is InChI=1S/C18H22O2/c1-11-5-7-12(8-6-11)15(19)14-13-9-10-18(4,16(14)20)17(13,2)3/h5-8,13-14H,9-10H2,1-4H3/t13-,14+,18+/m1/s1. The number of aryl methyl sites for hydroxylation is 1. The van der Waals surface area contributed by atoms with E-state index < -0.39 is 5.92 Å². The van der Waals surface area contributed by atoms with Gasteiger partial charge in [0.2, 0.25) is 0 Å². The molecule has 2 bridgehead atoms. The van der Waals surface area contributed by atoms with E-state index >= 15 is 0 Å². The summed E-state index contributed by atoms with van der Waals surface area (Å²) in [5.74, 6) is -0.0268. The number of hydrogen-bond acceptors (Lipinski definition) is 2. The van der Waals surface area contributed by atoms with Crippen molar-refractivity contribution in [2.24, 2.45) is 22.7 Å². The van der Waals surface area contributed by atoms with Crippen LogP contribution in [0.3, 0.4) is 0 Å². The van der Waals surface area contributed by atoms with Gasteiger partial charge in [0.15, 0.2) is 5.78 Å². The van der Waals surface area contributed by atoms with Gasteiger partial charge in [0.05, 0.1) is 5.92 Å². The number of carbonyl (C=O) groups excluding carboxylic acids is 2. The van der Waals surface area contributed by atoms with E-state index in [2.05, 4.69) is 20.8 Å². The molecule has 0 saturated heterocycles. The van der Waals surface area contributed by atoms with Crippen molar-refractivity contribution in [1.29, 1.82) is 0 Å². The van der Waals surface area contributed by atoms with Crippen LogP contribution >= 0.6 is 0 Å². The highest BCUT2D eigenvalue weighted by Gasteiger charge is 2.67. The lowest BCUT2D eigenvalue weighted by molar-refractivity contribution is -0.130. The molecule has 1 aromatic carbocycles. The molecule has 106 valence electrons. The van der Waals surface area contributed by atoms with E-state index in [4.69, 9.17) is 0 Å². The number of Topliss-reactive ketones (excluding diaryl/α,β-unsaturated/α-hetero) is 2. The molecule has 0 heterocycles. The molecule has 2 saturated carbocycles. The lowest BCUT2D eigenvalue weighted by Crippen LogP contribution is -2.35. The lowest BCUT2D eigenvalue weighted by Gasteiger charge is -2.32.